The van der Waals surface area contributed by atoms with Gasteiger partial charge in [-0.3, -0.25) is 0 Å². The highest BCUT2D eigenvalue weighted by atomic mass is 16.6. The van der Waals surface area contributed by atoms with Crippen LogP contribution in [-0.2, 0) is 9.53 Å². The van der Waals surface area contributed by atoms with Gasteiger partial charge < -0.3 is 13.9 Å². The van der Waals surface area contributed by atoms with Crippen LogP contribution < -0.4 is 10.4 Å². The summed E-state index contributed by atoms with van der Waals surface area (Å²) in [6, 6.07) is 5.14. The van der Waals surface area contributed by atoms with Crippen LogP contribution >= 0.6 is 0 Å². The molecule has 1 aromatic carbocycles. The maximum atomic E-state index is 11.7. The minimum atomic E-state index is -0.726. The number of ether oxygens (including phenoxy) is 2. The van der Waals surface area contributed by atoms with E-state index in [1.165, 1.54) is 7.11 Å². The Morgan fingerprint density at radius 3 is 2.60 bits per heavy atom. The van der Waals surface area contributed by atoms with E-state index in [1.807, 2.05) is 6.92 Å². The van der Waals surface area contributed by atoms with Gasteiger partial charge in [0.25, 0.3) is 0 Å². The molecule has 0 radical (unpaired) electrons. The average molecular weight is 276 g/mol. The Kier molecular flexibility index (Phi) is 3.79. The van der Waals surface area contributed by atoms with Crippen LogP contribution in [0.1, 0.15) is 18.1 Å². The number of benzene rings is 1. The monoisotopic (exact) mass is 276 g/mol. The van der Waals surface area contributed by atoms with Crippen LogP contribution in [0.3, 0.4) is 0 Å². The van der Waals surface area contributed by atoms with Gasteiger partial charge in [0.15, 0.2) is 6.10 Å². The van der Waals surface area contributed by atoms with E-state index in [1.54, 1.807) is 32.0 Å². The zero-order chi connectivity index (χ0) is 14.9. The summed E-state index contributed by atoms with van der Waals surface area (Å²) in [4.78, 5) is 23.0. The summed E-state index contributed by atoms with van der Waals surface area (Å²) in [7, 11) is 1.30. The van der Waals surface area contributed by atoms with E-state index < -0.39 is 12.1 Å². The number of hydrogen-bond acceptors (Lipinski definition) is 5. The van der Waals surface area contributed by atoms with Crippen LogP contribution in [0.5, 0.6) is 5.75 Å². The Morgan fingerprint density at radius 2 is 1.95 bits per heavy atom. The third-order valence-electron chi connectivity index (χ3n) is 3.27. The predicted molar refractivity (Wildman–Crippen MR) is 74.1 cm³/mol. The fourth-order valence-electron chi connectivity index (χ4n) is 1.92. The molecule has 0 saturated carbocycles. The summed E-state index contributed by atoms with van der Waals surface area (Å²) in [5.74, 6) is -0.0200. The average Bonchev–Trinajstić information content (AvgIpc) is 2.43. The molecular weight excluding hydrogens is 260 g/mol. The highest BCUT2D eigenvalue weighted by Crippen LogP contribution is 2.24. The summed E-state index contributed by atoms with van der Waals surface area (Å²) < 4.78 is 15.3. The third-order valence-corrected chi connectivity index (χ3v) is 3.27. The lowest BCUT2D eigenvalue weighted by Gasteiger charge is -2.13. The first kappa shape index (κ1) is 14.1. The molecule has 0 fully saturated rings. The van der Waals surface area contributed by atoms with E-state index in [9.17, 15) is 9.59 Å². The van der Waals surface area contributed by atoms with Gasteiger partial charge >= 0.3 is 11.6 Å². The fraction of sp³-hybridized carbons (Fsp3) is 0.333. The number of carbonyl (C=O) groups is 1. The van der Waals surface area contributed by atoms with Crippen molar-refractivity contribution in [2.45, 2.75) is 26.9 Å². The first-order valence-corrected chi connectivity index (χ1v) is 6.22. The molecule has 0 aliphatic heterocycles. The van der Waals surface area contributed by atoms with Crippen LogP contribution in [0.4, 0.5) is 0 Å². The summed E-state index contributed by atoms with van der Waals surface area (Å²) in [5, 5.41) is 0.847. The van der Waals surface area contributed by atoms with E-state index in [4.69, 9.17) is 9.15 Å². The summed E-state index contributed by atoms with van der Waals surface area (Å²) >= 11 is 0. The van der Waals surface area contributed by atoms with Gasteiger partial charge in [0.1, 0.15) is 11.3 Å². The van der Waals surface area contributed by atoms with Crippen molar-refractivity contribution in [2.75, 3.05) is 7.11 Å². The molecule has 1 aromatic heterocycles. The molecule has 0 spiro atoms. The third kappa shape index (κ3) is 2.52. The minimum Gasteiger partial charge on any atom is -0.479 e. The molecule has 0 amide bonds. The first-order valence-electron chi connectivity index (χ1n) is 6.22. The van der Waals surface area contributed by atoms with Gasteiger partial charge in [0.2, 0.25) is 0 Å². The summed E-state index contributed by atoms with van der Waals surface area (Å²) in [5.41, 5.74) is 1.54. The molecule has 106 valence electrons. The van der Waals surface area contributed by atoms with Crippen molar-refractivity contribution < 1.29 is 18.7 Å². The van der Waals surface area contributed by atoms with E-state index in [2.05, 4.69) is 4.74 Å². The van der Waals surface area contributed by atoms with Crippen LogP contribution in [0.15, 0.2) is 27.4 Å². The minimum absolute atomic E-state index is 0.367. The van der Waals surface area contributed by atoms with Crippen molar-refractivity contribution in [3.8, 4) is 5.75 Å². The van der Waals surface area contributed by atoms with Gasteiger partial charge in [-0.25, -0.2) is 9.59 Å². The van der Waals surface area contributed by atoms with Crippen molar-refractivity contribution in [1.29, 1.82) is 0 Å². The molecule has 5 nitrogen and oxygen atoms in total. The molecule has 1 heterocycles. The largest absolute Gasteiger partial charge is 0.479 e. The summed E-state index contributed by atoms with van der Waals surface area (Å²) in [6.07, 6.45) is -0.726. The van der Waals surface area contributed by atoms with Gasteiger partial charge in [0.05, 0.1) is 7.11 Å². The lowest BCUT2D eigenvalue weighted by molar-refractivity contribution is -0.147. The van der Waals surface area contributed by atoms with E-state index in [0.29, 0.717) is 16.9 Å². The Labute approximate surface area is 116 Å². The van der Waals surface area contributed by atoms with Crippen molar-refractivity contribution >= 4 is 16.9 Å². The van der Waals surface area contributed by atoms with Crippen LogP contribution in [-0.4, -0.2) is 19.2 Å². The number of hydrogen-bond donors (Lipinski definition) is 0. The molecular formula is C15H16O5. The molecule has 0 unspecified atom stereocenters. The molecule has 0 saturated heterocycles. The normalized spacial score (nSPS) is 12.2. The van der Waals surface area contributed by atoms with Crippen LogP contribution in [0, 0.1) is 13.8 Å². The zero-order valence-corrected chi connectivity index (χ0v) is 11.9. The summed E-state index contributed by atoms with van der Waals surface area (Å²) in [6.45, 7) is 5.18. The molecule has 5 heteroatoms. The van der Waals surface area contributed by atoms with E-state index in [-0.39, 0.29) is 5.63 Å². The number of carbonyl (C=O) groups excluding carboxylic acids is 1. The van der Waals surface area contributed by atoms with Gasteiger partial charge in [-0.2, -0.15) is 0 Å². The Hall–Kier alpha value is -2.30. The van der Waals surface area contributed by atoms with Gasteiger partial charge in [0, 0.05) is 17.0 Å². The number of esters is 1. The number of rotatable bonds is 3. The molecule has 1 atom stereocenters. The first-order chi connectivity index (χ1) is 9.43. The molecule has 2 aromatic rings. The van der Waals surface area contributed by atoms with Crippen molar-refractivity contribution in [3.05, 3.63) is 39.7 Å². The highest BCUT2D eigenvalue weighted by molar-refractivity contribution is 5.82. The lowest BCUT2D eigenvalue weighted by Crippen LogP contribution is -2.24. The van der Waals surface area contributed by atoms with Crippen molar-refractivity contribution in [2.24, 2.45) is 0 Å². The molecule has 0 aliphatic rings. The predicted octanol–water partition coefficient (Wildman–Crippen LogP) is 2.35. The van der Waals surface area contributed by atoms with Gasteiger partial charge in [-0.05, 0) is 38.5 Å². The maximum Gasteiger partial charge on any atom is 0.346 e. The number of aryl methyl sites for hydroxylation is 1. The van der Waals surface area contributed by atoms with Crippen molar-refractivity contribution in [1.82, 2.24) is 0 Å². The Balaban J connectivity index is 2.42. The smallest absolute Gasteiger partial charge is 0.346 e. The molecule has 20 heavy (non-hydrogen) atoms. The van der Waals surface area contributed by atoms with Gasteiger partial charge in [-0.15, -0.1) is 0 Å². The topological polar surface area (TPSA) is 65.7 Å². The SMILES string of the molecule is COC(=O)[C@H](C)Oc1ccc2c(C)c(C)c(=O)oc2c1. The molecule has 0 N–H and O–H groups in total. The number of methoxy groups -OCH3 is 1. The molecule has 0 aliphatic carbocycles. The fourth-order valence-corrected chi connectivity index (χ4v) is 1.92. The second kappa shape index (κ2) is 5.36. The van der Waals surface area contributed by atoms with Crippen molar-refractivity contribution in [3.63, 3.8) is 0 Å². The standard InChI is InChI=1S/C15H16O5/c1-8-9(2)14(16)20-13-7-11(5-6-12(8)13)19-10(3)15(17)18-4/h5-7,10H,1-4H3/t10-/m0/s1. The second-order valence-corrected chi connectivity index (χ2v) is 4.58. The highest BCUT2D eigenvalue weighted by Gasteiger charge is 2.15. The quantitative estimate of drug-likeness (QED) is 0.636. The zero-order valence-electron chi connectivity index (χ0n) is 11.9. The van der Waals surface area contributed by atoms with Crippen LogP contribution in [0.25, 0.3) is 11.0 Å². The van der Waals surface area contributed by atoms with E-state index in [0.717, 1.165) is 10.9 Å². The molecule has 0 bridgehead atoms. The van der Waals surface area contributed by atoms with Crippen LogP contribution in [0.2, 0.25) is 0 Å². The number of fused-ring (bicyclic) bond motifs is 1. The van der Waals surface area contributed by atoms with Gasteiger partial charge in [-0.1, -0.05) is 0 Å². The lowest BCUT2D eigenvalue weighted by atomic mass is 10.1. The second-order valence-electron chi connectivity index (χ2n) is 4.58. The Morgan fingerprint density at radius 1 is 1.25 bits per heavy atom. The molecule has 2 rings (SSSR count). The Bertz CT molecular complexity index is 714. The maximum absolute atomic E-state index is 11.7. The van der Waals surface area contributed by atoms with E-state index >= 15 is 0 Å².